The monoisotopic (exact) mass is 224 g/mol. The van der Waals surface area contributed by atoms with Crippen molar-refractivity contribution in [1.29, 1.82) is 0 Å². The van der Waals surface area contributed by atoms with E-state index in [1.165, 1.54) is 0 Å². The van der Waals surface area contributed by atoms with Crippen LogP contribution < -0.4 is 0 Å². The van der Waals surface area contributed by atoms with Crippen molar-refractivity contribution in [3.63, 3.8) is 0 Å². The minimum Gasteiger partial charge on any atom is -0.396 e. The zero-order chi connectivity index (χ0) is 11.1. The van der Waals surface area contributed by atoms with E-state index in [2.05, 4.69) is 0 Å². The van der Waals surface area contributed by atoms with Crippen molar-refractivity contribution in [3.05, 3.63) is 0 Å². The summed E-state index contributed by atoms with van der Waals surface area (Å²) in [7, 11) is -2.33. The fourth-order valence-corrected chi connectivity index (χ4v) is 2.06. The molecule has 14 heavy (non-hydrogen) atoms. The van der Waals surface area contributed by atoms with E-state index >= 15 is 0 Å². The maximum absolute atomic E-state index is 9.12. The van der Waals surface area contributed by atoms with Crippen molar-refractivity contribution in [1.82, 2.24) is 0 Å². The molecule has 0 heterocycles. The first-order chi connectivity index (χ1) is 6.56. The van der Waals surface area contributed by atoms with Gasteiger partial charge in [-0.15, -0.1) is 0 Å². The maximum atomic E-state index is 9.12. The molecule has 0 spiro atoms. The van der Waals surface area contributed by atoms with E-state index in [1.807, 2.05) is 20.8 Å². The van der Waals surface area contributed by atoms with Crippen LogP contribution in [0.3, 0.4) is 0 Å². The topological polar surface area (TPSA) is 69.9 Å². The van der Waals surface area contributed by atoms with Gasteiger partial charge in [0.05, 0.1) is 6.10 Å². The molecule has 3 N–H and O–H groups in total. The molecule has 0 fully saturated rings. The normalized spacial score (nSPS) is 18.2. The van der Waals surface area contributed by atoms with Crippen LogP contribution in [0.4, 0.5) is 0 Å². The average molecular weight is 224 g/mol. The summed E-state index contributed by atoms with van der Waals surface area (Å²) in [6, 6.07) is 0. The molecule has 0 rings (SSSR count). The van der Waals surface area contributed by atoms with Gasteiger partial charge in [0.15, 0.2) is 0 Å². The number of rotatable bonds is 7. The summed E-state index contributed by atoms with van der Waals surface area (Å²) in [5.74, 6) is 0.200. The van der Waals surface area contributed by atoms with Crippen LogP contribution in [0.1, 0.15) is 33.6 Å². The highest BCUT2D eigenvalue weighted by Crippen LogP contribution is 2.34. The smallest absolute Gasteiger partial charge is 0.327 e. The van der Waals surface area contributed by atoms with E-state index in [0.29, 0.717) is 0 Å². The van der Waals surface area contributed by atoms with Gasteiger partial charge >= 0.3 is 8.60 Å². The van der Waals surface area contributed by atoms with Gasteiger partial charge in [0, 0.05) is 12.5 Å². The van der Waals surface area contributed by atoms with Gasteiger partial charge in [-0.05, 0) is 12.3 Å². The van der Waals surface area contributed by atoms with E-state index in [1.54, 1.807) is 0 Å². The molecule has 4 nitrogen and oxygen atoms in total. The van der Waals surface area contributed by atoms with E-state index in [0.717, 1.165) is 12.8 Å². The summed E-state index contributed by atoms with van der Waals surface area (Å²) in [5.41, 5.74) is 0. The second-order valence-corrected chi connectivity index (χ2v) is 4.28. The van der Waals surface area contributed by atoms with Crippen LogP contribution in [0.5, 0.6) is 0 Å². The average Bonchev–Trinajstić information content (AvgIpc) is 2.16. The van der Waals surface area contributed by atoms with Crippen LogP contribution in [0.15, 0.2) is 0 Å². The summed E-state index contributed by atoms with van der Waals surface area (Å²) < 4.78 is 5.06. The molecule has 0 saturated carbocycles. The van der Waals surface area contributed by atoms with E-state index in [-0.39, 0.29) is 24.5 Å². The number of aliphatic hydroxyl groups is 1. The quantitative estimate of drug-likeness (QED) is 0.575. The van der Waals surface area contributed by atoms with Crippen LogP contribution in [0, 0.1) is 11.8 Å². The van der Waals surface area contributed by atoms with E-state index in [9.17, 15) is 0 Å². The highest BCUT2D eigenvalue weighted by Gasteiger charge is 2.27. The minimum atomic E-state index is -2.33. The second kappa shape index (κ2) is 7.55. The maximum Gasteiger partial charge on any atom is 0.327 e. The molecule has 0 aliphatic heterocycles. The van der Waals surface area contributed by atoms with Crippen LogP contribution in [-0.4, -0.2) is 27.6 Å². The van der Waals surface area contributed by atoms with Crippen molar-refractivity contribution in [2.75, 3.05) is 6.61 Å². The lowest BCUT2D eigenvalue weighted by molar-refractivity contribution is 0.0357. The minimum absolute atomic E-state index is 0.0192. The second-order valence-electron chi connectivity index (χ2n) is 3.56. The molecule has 0 aliphatic rings. The Hall–Kier alpha value is 0.270. The van der Waals surface area contributed by atoms with Crippen LogP contribution >= 0.6 is 8.60 Å². The summed E-state index contributed by atoms with van der Waals surface area (Å²) in [4.78, 5) is 17.6. The molecule has 0 aliphatic carbocycles. The van der Waals surface area contributed by atoms with Crippen molar-refractivity contribution in [2.24, 2.45) is 11.8 Å². The fourth-order valence-electron chi connectivity index (χ4n) is 1.46. The van der Waals surface area contributed by atoms with E-state index < -0.39 is 8.60 Å². The molecular formula is C9H21O4P. The Morgan fingerprint density at radius 2 is 1.79 bits per heavy atom. The molecule has 0 bridgehead atoms. The molecule has 0 saturated heterocycles. The van der Waals surface area contributed by atoms with Gasteiger partial charge in [0.1, 0.15) is 0 Å². The number of hydrogen-bond acceptors (Lipinski definition) is 4. The first kappa shape index (κ1) is 14.3. The van der Waals surface area contributed by atoms with Crippen molar-refractivity contribution >= 4 is 8.60 Å². The molecule has 3 atom stereocenters. The third kappa shape index (κ3) is 4.67. The first-order valence-electron chi connectivity index (χ1n) is 5.02. The van der Waals surface area contributed by atoms with Gasteiger partial charge in [-0.1, -0.05) is 27.2 Å². The molecule has 86 valence electrons. The third-order valence-corrected chi connectivity index (χ3v) is 3.08. The lowest BCUT2D eigenvalue weighted by atomic mass is 9.89. The molecule has 0 amide bonds. The summed E-state index contributed by atoms with van der Waals surface area (Å²) in [5, 5.41) is 9.12. The van der Waals surface area contributed by atoms with Gasteiger partial charge in [-0.2, -0.15) is 0 Å². The lowest BCUT2D eigenvalue weighted by Gasteiger charge is -2.29. The SMILES string of the molecule is CCC(C)C(OP(O)O)C(CC)CO. The highest BCUT2D eigenvalue weighted by atomic mass is 31.2. The van der Waals surface area contributed by atoms with Gasteiger partial charge in [-0.25, -0.2) is 0 Å². The van der Waals surface area contributed by atoms with Crippen LogP contribution in [0.25, 0.3) is 0 Å². The fraction of sp³-hybridized carbons (Fsp3) is 1.00. The Labute approximate surface area is 86.9 Å². The first-order valence-corrected chi connectivity index (χ1v) is 6.18. The predicted octanol–water partition coefficient (Wildman–Crippen LogP) is 1.65. The summed E-state index contributed by atoms with van der Waals surface area (Å²) in [6.07, 6.45) is 1.40. The standard InChI is InChI=1S/C9H21O4P/c1-4-7(3)9(13-14(11)12)8(5-2)6-10/h7-12H,4-6H2,1-3H3. The Bertz CT molecular complexity index is 139. The molecular weight excluding hydrogens is 203 g/mol. The highest BCUT2D eigenvalue weighted by molar-refractivity contribution is 7.39. The van der Waals surface area contributed by atoms with Gasteiger partial charge in [0.2, 0.25) is 0 Å². The Morgan fingerprint density at radius 1 is 1.21 bits per heavy atom. The summed E-state index contributed by atoms with van der Waals surface area (Å²) >= 11 is 0. The van der Waals surface area contributed by atoms with Crippen LogP contribution in [0.2, 0.25) is 0 Å². The van der Waals surface area contributed by atoms with Gasteiger partial charge in [0.25, 0.3) is 0 Å². The molecule has 0 aromatic heterocycles. The Morgan fingerprint density at radius 3 is 2.07 bits per heavy atom. The lowest BCUT2D eigenvalue weighted by Crippen LogP contribution is -2.31. The van der Waals surface area contributed by atoms with E-state index in [4.69, 9.17) is 19.4 Å². The van der Waals surface area contributed by atoms with Crippen molar-refractivity contribution < 1.29 is 19.4 Å². The molecule has 0 radical (unpaired) electrons. The Balaban J connectivity index is 4.35. The molecule has 0 aromatic carbocycles. The zero-order valence-corrected chi connectivity index (χ0v) is 9.94. The number of aliphatic hydroxyl groups excluding tert-OH is 1. The molecule has 0 aromatic rings. The predicted molar refractivity (Wildman–Crippen MR) is 56.6 cm³/mol. The van der Waals surface area contributed by atoms with Crippen molar-refractivity contribution in [3.8, 4) is 0 Å². The largest absolute Gasteiger partial charge is 0.396 e. The van der Waals surface area contributed by atoms with Gasteiger partial charge < -0.3 is 19.4 Å². The van der Waals surface area contributed by atoms with Gasteiger partial charge in [-0.3, -0.25) is 0 Å². The third-order valence-electron chi connectivity index (χ3n) is 2.64. The van der Waals surface area contributed by atoms with Crippen LogP contribution in [-0.2, 0) is 4.52 Å². The molecule has 3 unspecified atom stereocenters. The zero-order valence-electron chi connectivity index (χ0n) is 9.05. The van der Waals surface area contributed by atoms with Crippen molar-refractivity contribution in [2.45, 2.75) is 39.7 Å². The molecule has 5 heteroatoms. The Kier molecular flexibility index (Phi) is 7.69. The number of hydrogen-bond donors (Lipinski definition) is 3. The summed E-state index contributed by atoms with van der Waals surface area (Å²) in [6.45, 7) is 5.98.